The van der Waals surface area contributed by atoms with Crippen LogP contribution in [0.15, 0.2) is 60.8 Å². The van der Waals surface area contributed by atoms with Crippen LogP contribution in [0.1, 0.15) is 19.4 Å². The van der Waals surface area contributed by atoms with Crippen molar-refractivity contribution in [2.75, 3.05) is 17.2 Å². The summed E-state index contributed by atoms with van der Waals surface area (Å²) in [6.45, 7) is 5.63. The second-order valence-corrected chi connectivity index (χ2v) is 7.04. The van der Waals surface area contributed by atoms with E-state index in [0.29, 0.717) is 18.5 Å². The third kappa shape index (κ3) is 6.15. The van der Waals surface area contributed by atoms with Gasteiger partial charge in [0.25, 0.3) is 0 Å². The first kappa shape index (κ1) is 19.0. The highest BCUT2D eigenvalue weighted by Crippen LogP contribution is 2.20. The van der Waals surface area contributed by atoms with Crippen molar-refractivity contribution in [1.29, 1.82) is 0 Å². The van der Waals surface area contributed by atoms with Gasteiger partial charge in [-0.05, 0) is 53.9 Å². The van der Waals surface area contributed by atoms with Crippen LogP contribution in [0.3, 0.4) is 0 Å². The lowest BCUT2D eigenvalue weighted by atomic mass is 10.2. The molecule has 5 nitrogen and oxygen atoms in total. The van der Waals surface area contributed by atoms with E-state index in [2.05, 4.69) is 34.4 Å². The molecule has 0 aliphatic rings. The van der Waals surface area contributed by atoms with Gasteiger partial charge in [0.2, 0.25) is 5.95 Å². The van der Waals surface area contributed by atoms with Crippen LogP contribution in [0.4, 0.5) is 17.5 Å². The molecule has 0 amide bonds. The number of halogens is 1. The van der Waals surface area contributed by atoms with Crippen molar-refractivity contribution in [3.63, 3.8) is 0 Å². The van der Waals surface area contributed by atoms with E-state index in [1.165, 1.54) is 0 Å². The fraction of sp³-hybridized carbons (Fsp3) is 0.238. The molecule has 0 bridgehead atoms. The molecule has 2 aromatic carbocycles. The molecule has 27 heavy (non-hydrogen) atoms. The van der Waals surface area contributed by atoms with Crippen molar-refractivity contribution in [1.82, 2.24) is 9.97 Å². The van der Waals surface area contributed by atoms with E-state index in [0.717, 1.165) is 34.4 Å². The Hall–Kier alpha value is -2.79. The van der Waals surface area contributed by atoms with Crippen molar-refractivity contribution in [2.24, 2.45) is 5.92 Å². The molecule has 3 aromatic rings. The summed E-state index contributed by atoms with van der Waals surface area (Å²) in [6, 6.07) is 17.2. The summed E-state index contributed by atoms with van der Waals surface area (Å²) in [5.41, 5.74) is 2.01. The second kappa shape index (κ2) is 9.24. The zero-order chi connectivity index (χ0) is 19.1. The Kier molecular flexibility index (Phi) is 6.49. The maximum Gasteiger partial charge on any atom is 0.224 e. The van der Waals surface area contributed by atoms with Gasteiger partial charge in [0.15, 0.2) is 0 Å². The Bertz CT molecular complexity index is 851. The predicted molar refractivity (Wildman–Crippen MR) is 111 cm³/mol. The number of ether oxygens (including phenoxy) is 1. The summed E-state index contributed by atoms with van der Waals surface area (Å²) in [5, 5.41) is 7.23. The van der Waals surface area contributed by atoms with E-state index in [1.54, 1.807) is 6.20 Å². The van der Waals surface area contributed by atoms with Crippen LogP contribution in [0, 0.1) is 5.92 Å². The van der Waals surface area contributed by atoms with E-state index in [-0.39, 0.29) is 0 Å². The smallest absolute Gasteiger partial charge is 0.224 e. The average Bonchev–Trinajstić information content (AvgIpc) is 2.67. The minimum absolute atomic E-state index is 0.501. The molecule has 0 radical (unpaired) electrons. The molecule has 0 aliphatic carbocycles. The summed E-state index contributed by atoms with van der Waals surface area (Å²) in [6.07, 6.45) is 1.74. The lowest BCUT2D eigenvalue weighted by molar-refractivity contribution is 0.306. The van der Waals surface area contributed by atoms with Crippen LogP contribution in [0.5, 0.6) is 5.75 Å². The molecule has 2 N–H and O–H groups in total. The van der Waals surface area contributed by atoms with E-state index in [4.69, 9.17) is 16.3 Å². The molecule has 0 spiro atoms. The van der Waals surface area contributed by atoms with Gasteiger partial charge < -0.3 is 15.4 Å². The SMILES string of the molecule is CC(C)CNc1nccc(Nc2ccc(OCc3ccc(Cl)cc3)cc2)n1. The standard InChI is InChI=1S/C21H23ClN4O/c1-15(2)13-24-21-23-12-11-20(26-21)25-18-7-9-19(10-8-18)27-14-16-3-5-17(22)6-4-16/h3-12,15H,13-14H2,1-2H3,(H2,23,24,25,26). The maximum atomic E-state index is 5.89. The molecular formula is C21H23ClN4O. The first-order chi connectivity index (χ1) is 13.1. The van der Waals surface area contributed by atoms with Crippen molar-refractivity contribution in [2.45, 2.75) is 20.5 Å². The Morgan fingerprint density at radius 2 is 1.74 bits per heavy atom. The number of nitrogens with one attached hydrogen (secondary N) is 2. The molecule has 0 unspecified atom stereocenters. The molecule has 0 fully saturated rings. The molecule has 6 heteroatoms. The molecular weight excluding hydrogens is 360 g/mol. The number of nitrogens with zero attached hydrogens (tertiary/aromatic N) is 2. The maximum absolute atomic E-state index is 5.89. The van der Waals surface area contributed by atoms with E-state index in [9.17, 15) is 0 Å². The van der Waals surface area contributed by atoms with Crippen LogP contribution in [0.25, 0.3) is 0 Å². The fourth-order valence-electron chi connectivity index (χ4n) is 2.34. The summed E-state index contributed by atoms with van der Waals surface area (Å²) >= 11 is 5.89. The summed E-state index contributed by atoms with van der Waals surface area (Å²) in [5.74, 6) is 2.70. The summed E-state index contributed by atoms with van der Waals surface area (Å²) in [7, 11) is 0. The highest BCUT2D eigenvalue weighted by atomic mass is 35.5. The monoisotopic (exact) mass is 382 g/mol. The number of benzene rings is 2. The molecule has 0 aliphatic heterocycles. The van der Waals surface area contributed by atoms with Gasteiger partial charge in [-0.2, -0.15) is 4.98 Å². The normalized spacial score (nSPS) is 10.7. The number of hydrogen-bond donors (Lipinski definition) is 2. The van der Waals surface area contributed by atoms with E-state index in [1.807, 2.05) is 54.6 Å². The highest BCUT2D eigenvalue weighted by molar-refractivity contribution is 6.30. The van der Waals surface area contributed by atoms with Gasteiger partial charge in [0.1, 0.15) is 18.2 Å². The minimum Gasteiger partial charge on any atom is -0.489 e. The quantitative estimate of drug-likeness (QED) is 0.537. The van der Waals surface area contributed by atoms with E-state index >= 15 is 0 Å². The molecule has 0 saturated carbocycles. The second-order valence-electron chi connectivity index (χ2n) is 6.60. The molecule has 3 rings (SSSR count). The summed E-state index contributed by atoms with van der Waals surface area (Å²) in [4.78, 5) is 8.71. The van der Waals surface area contributed by atoms with Crippen molar-refractivity contribution in [3.05, 3.63) is 71.4 Å². The van der Waals surface area contributed by atoms with Crippen LogP contribution in [0.2, 0.25) is 5.02 Å². The Morgan fingerprint density at radius 1 is 1.00 bits per heavy atom. The van der Waals surface area contributed by atoms with E-state index < -0.39 is 0 Å². The van der Waals surface area contributed by atoms with Crippen LogP contribution in [-0.2, 0) is 6.61 Å². The minimum atomic E-state index is 0.501. The van der Waals surface area contributed by atoms with Crippen LogP contribution in [-0.4, -0.2) is 16.5 Å². The first-order valence-electron chi connectivity index (χ1n) is 8.90. The average molecular weight is 383 g/mol. The van der Waals surface area contributed by atoms with Gasteiger partial charge in [-0.1, -0.05) is 37.6 Å². The molecule has 140 valence electrons. The molecule has 1 aromatic heterocycles. The highest BCUT2D eigenvalue weighted by Gasteiger charge is 2.02. The Labute approximate surface area is 164 Å². The zero-order valence-electron chi connectivity index (χ0n) is 15.4. The Balaban J connectivity index is 1.55. The van der Waals surface area contributed by atoms with Crippen molar-refractivity contribution < 1.29 is 4.74 Å². The largest absolute Gasteiger partial charge is 0.489 e. The van der Waals surface area contributed by atoms with Crippen molar-refractivity contribution >= 4 is 29.1 Å². The van der Waals surface area contributed by atoms with Gasteiger partial charge in [-0.15, -0.1) is 0 Å². The zero-order valence-corrected chi connectivity index (χ0v) is 16.2. The van der Waals surface area contributed by atoms with Gasteiger partial charge in [-0.3, -0.25) is 0 Å². The number of rotatable bonds is 8. The fourth-order valence-corrected chi connectivity index (χ4v) is 2.46. The first-order valence-corrected chi connectivity index (χ1v) is 9.27. The van der Waals surface area contributed by atoms with Crippen LogP contribution >= 0.6 is 11.6 Å². The third-order valence-electron chi connectivity index (χ3n) is 3.77. The van der Waals surface area contributed by atoms with Crippen LogP contribution < -0.4 is 15.4 Å². The van der Waals surface area contributed by atoms with Gasteiger partial charge in [0.05, 0.1) is 0 Å². The molecule has 1 heterocycles. The lowest BCUT2D eigenvalue weighted by Gasteiger charge is -2.11. The number of anilines is 3. The van der Waals surface area contributed by atoms with Gasteiger partial charge in [0, 0.05) is 23.5 Å². The topological polar surface area (TPSA) is 59.1 Å². The Morgan fingerprint density at radius 3 is 2.44 bits per heavy atom. The van der Waals surface area contributed by atoms with Crippen molar-refractivity contribution in [3.8, 4) is 5.75 Å². The van der Waals surface area contributed by atoms with Gasteiger partial charge >= 0.3 is 0 Å². The summed E-state index contributed by atoms with van der Waals surface area (Å²) < 4.78 is 5.80. The van der Waals surface area contributed by atoms with Gasteiger partial charge in [-0.25, -0.2) is 4.98 Å². The third-order valence-corrected chi connectivity index (χ3v) is 4.02. The number of aromatic nitrogens is 2. The molecule has 0 atom stereocenters. The number of hydrogen-bond acceptors (Lipinski definition) is 5. The molecule has 0 saturated heterocycles. The lowest BCUT2D eigenvalue weighted by Crippen LogP contribution is -2.11. The predicted octanol–water partition coefficient (Wildman–Crippen LogP) is 5.52.